The second-order valence-electron chi connectivity index (χ2n) is 6.05. The van der Waals surface area contributed by atoms with Gasteiger partial charge in [-0.1, -0.05) is 12.1 Å². The van der Waals surface area contributed by atoms with Gasteiger partial charge in [0, 0.05) is 12.6 Å². The highest BCUT2D eigenvalue weighted by atomic mass is 32.1. The maximum Gasteiger partial charge on any atom is 0.275 e. The van der Waals surface area contributed by atoms with E-state index in [1.807, 2.05) is 29.2 Å². The molecule has 0 N–H and O–H groups in total. The number of ether oxygens (including phenoxy) is 2. The van der Waals surface area contributed by atoms with Crippen LogP contribution in [0.1, 0.15) is 21.5 Å². The molecular weight excluding hydrogens is 340 g/mol. The topological polar surface area (TPSA) is 69.5 Å². The highest BCUT2D eigenvalue weighted by Crippen LogP contribution is 2.32. The van der Waals surface area contributed by atoms with E-state index >= 15 is 0 Å². The second-order valence-corrected chi connectivity index (χ2v) is 7.11. The third-order valence-electron chi connectivity index (χ3n) is 4.50. The van der Waals surface area contributed by atoms with Gasteiger partial charge in [-0.25, -0.2) is 9.67 Å². The van der Waals surface area contributed by atoms with E-state index in [1.165, 1.54) is 0 Å². The summed E-state index contributed by atoms with van der Waals surface area (Å²) in [5.41, 5.74) is 1.37. The Bertz CT molecular complexity index is 896. The quantitative estimate of drug-likeness (QED) is 0.703. The van der Waals surface area contributed by atoms with E-state index in [0.717, 1.165) is 15.2 Å². The molecule has 2 aliphatic rings. The Hall–Kier alpha value is -2.45. The van der Waals surface area contributed by atoms with Crippen molar-refractivity contribution in [1.82, 2.24) is 19.7 Å². The van der Waals surface area contributed by atoms with Crippen LogP contribution in [-0.4, -0.2) is 51.9 Å². The summed E-state index contributed by atoms with van der Waals surface area (Å²) in [5.74, 6) is 0.561. The molecule has 25 heavy (non-hydrogen) atoms. The number of morpholine rings is 1. The number of hydrogen-bond donors (Lipinski definition) is 0. The number of benzene rings is 1. The molecule has 128 valence electrons. The average Bonchev–Trinajstić information content (AvgIpc) is 3.34. The average molecular weight is 356 g/mol. The Labute approximate surface area is 147 Å². The number of carbonyl (C=O) groups excluding carboxylic acids is 1. The maximum absolute atomic E-state index is 13.0. The van der Waals surface area contributed by atoms with Gasteiger partial charge in [0.1, 0.15) is 17.7 Å². The van der Waals surface area contributed by atoms with E-state index in [1.54, 1.807) is 22.1 Å². The van der Waals surface area contributed by atoms with Gasteiger partial charge in [0.2, 0.25) is 5.88 Å². The number of hydrogen-bond acceptors (Lipinski definition) is 6. The molecule has 1 saturated heterocycles. The van der Waals surface area contributed by atoms with Crippen LogP contribution < -0.4 is 4.74 Å². The highest BCUT2D eigenvalue weighted by molar-refractivity contribution is 7.18. The molecule has 1 atom stereocenters. The summed E-state index contributed by atoms with van der Waals surface area (Å²) >= 11 is 1.61. The fraction of sp³-hybridized carbons (Fsp3) is 0.353. The molecule has 1 unspecified atom stereocenters. The third kappa shape index (κ3) is 2.49. The summed E-state index contributed by atoms with van der Waals surface area (Å²) in [7, 11) is 0. The van der Waals surface area contributed by atoms with Crippen LogP contribution in [-0.2, 0) is 11.3 Å². The number of fused-ring (bicyclic) bond motifs is 2. The molecule has 1 fully saturated rings. The van der Waals surface area contributed by atoms with E-state index in [2.05, 4.69) is 5.10 Å². The van der Waals surface area contributed by atoms with Gasteiger partial charge in [-0.15, -0.1) is 11.3 Å². The first-order chi connectivity index (χ1) is 12.3. The summed E-state index contributed by atoms with van der Waals surface area (Å²) < 4.78 is 13.9. The van der Waals surface area contributed by atoms with E-state index < -0.39 is 0 Å². The summed E-state index contributed by atoms with van der Waals surface area (Å²) in [6.45, 7) is 2.81. The van der Waals surface area contributed by atoms with Gasteiger partial charge in [0.25, 0.3) is 5.91 Å². The van der Waals surface area contributed by atoms with Crippen molar-refractivity contribution in [1.29, 1.82) is 0 Å². The summed E-state index contributed by atoms with van der Waals surface area (Å²) in [5, 5.41) is 5.28. The van der Waals surface area contributed by atoms with Crippen LogP contribution in [0.15, 0.2) is 30.3 Å². The lowest BCUT2D eigenvalue weighted by Crippen LogP contribution is -2.43. The molecule has 4 heterocycles. The molecular formula is C17H16N4O3S. The first kappa shape index (κ1) is 14.9. The van der Waals surface area contributed by atoms with Gasteiger partial charge in [-0.05, 0) is 12.1 Å². The van der Waals surface area contributed by atoms with Gasteiger partial charge < -0.3 is 14.4 Å². The lowest BCUT2D eigenvalue weighted by molar-refractivity contribution is -0.00306. The van der Waals surface area contributed by atoms with Crippen LogP contribution in [0.4, 0.5) is 0 Å². The zero-order valence-electron chi connectivity index (χ0n) is 13.4. The molecule has 7 nitrogen and oxygen atoms in total. The minimum absolute atomic E-state index is 0.0990. The zero-order chi connectivity index (χ0) is 16.8. The van der Waals surface area contributed by atoms with Crippen LogP contribution in [0.3, 0.4) is 0 Å². The Morgan fingerprint density at radius 3 is 3.04 bits per heavy atom. The fourth-order valence-electron chi connectivity index (χ4n) is 3.25. The van der Waals surface area contributed by atoms with Crippen LogP contribution in [0.5, 0.6) is 5.88 Å². The van der Waals surface area contributed by atoms with E-state index in [-0.39, 0.29) is 11.9 Å². The fourth-order valence-corrected chi connectivity index (χ4v) is 4.31. The summed E-state index contributed by atoms with van der Waals surface area (Å²) in [4.78, 5) is 19.5. The van der Waals surface area contributed by atoms with Crippen LogP contribution in [0.2, 0.25) is 0 Å². The monoisotopic (exact) mass is 356 g/mol. The lowest BCUT2D eigenvalue weighted by Gasteiger charge is -2.33. The molecule has 8 heteroatoms. The number of rotatable bonds is 2. The molecule has 5 rings (SSSR count). The lowest BCUT2D eigenvalue weighted by atomic mass is 10.2. The minimum atomic E-state index is -0.184. The van der Waals surface area contributed by atoms with E-state index in [9.17, 15) is 4.79 Å². The number of carbonyl (C=O) groups is 1. The molecule has 0 bridgehead atoms. The highest BCUT2D eigenvalue weighted by Gasteiger charge is 2.33. The first-order valence-electron chi connectivity index (χ1n) is 8.24. The molecule has 0 spiro atoms. The van der Waals surface area contributed by atoms with Crippen molar-refractivity contribution >= 4 is 27.5 Å². The smallest absolute Gasteiger partial charge is 0.275 e. The van der Waals surface area contributed by atoms with Crippen molar-refractivity contribution in [3.63, 3.8) is 0 Å². The molecule has 1 amide bonds. The molecule has 0 saturated carbocycles. The number of amides is 1. The largest absolute Gasteiger partial charge is 0.476 e. The summed E-state index contributed by atoms with van der Waals surface area (Å²) in [6, 6.07) is 9.54. The van der Waals surface area contributed by atoms with Gasteiger partial charge in [0.05, 0.1) is 30.0 Å². The predicted molar refractivity (Wildman–Crippen MR) is 91.9 cm³/mol. The normalized spacial score (nSPS) is 19.8. The van der Waals surface area contributed by atoms with Crippen molar-refractivity contribution in [2.24, 2.45) is 0 Å². The van der Waals surface area contributed by atoms with Crippen molar-refractivity contribution in [3.05, 3.63) is 41.0 Å². The van der Waals surface area contributed by atoms with Gasteiger partial charge >= 0.3 is 0 Å². The molecule has 3 aromatic rings. The van der Waals surface area contributed by atoms with Crippen LogP contribution >= 0.6 is 11.3 Å². The van der Waals surface area contributed by atoms with Gasteiger partial charge in [0.15, 0.2) is 5.69 Å². The van der Waals surface area contributed by atoms with E-state index in [0.29, 0.717) is 44.5 Å². The Balaban J connectivity index is 1.48. The minimum Gasteiger partial charge on any atom is -0.476 e. The summed E-state index contributed by atoms with van der Waals surface area (Å²) in [6.07, 6.45) is 0. The second kappa shape index (κ2) is 5.82. The van der Waals surface area contributed by atoms with Gasteiger partial charge in [-0.2, -0.15) is 5.10 Å². The van der Waals surface area contributed by atoms with Crippen molar-refractivity contribution < 1.29 is 14.3 Å². The van der Waals surface area contributed by atoms with Gasteiger partial charge in [-0.3, -0.25) is 4.79 Å². The molecule has 2 aliphatic heterocycles. The number of aromatic nitrogens is 3. The SMILES string of the molecule is O=C(c1cc2n(n1)CCO2)N1CCOCC1c1nc2ccccc2s1. The standard InChI is InChI=1S/C17H16N4O3S/c22-17(12-9-15-21(19-12)6-8-24-15)20-5-7-23-10-13(20)16-18-11-3-1-2-4-14(11)25-16/h1-4,9,13H,5-8,10H2. The Morgan fingerprint density at radius 2 is 2.16 bits per heavy atom. The molecule has 0 aliphatic carbocycles. The first-order valence-corrected chi connectivity index (χ1v) is 9.06. The number of thiazole rings is 1. The molecule has 2 aromatic heterocycles. The van der Waals surface area contributed by atoms with Crippen molar-refractivity contribution in [2.45, 2.75) is 12.6 Å². The number of nitrogens with zero attached hydrogens (tertiary/aromatic N) is 4. The Morgan fingerprint density at radius 1 is 1.24 bits per heavy atom. The van der Waals surface area contributed by atoms with E-state index in [4.69, 9.17) is 14.5 Å². The van der Waals surface area contributed by atoms with Crippen LogP contribution in [0, 0.1) is 0 Å². The van der Waals surface area contributed by atoms with Crippen molar-refractivity contribution in [2.75, 3.05) is 26.4 Å². The zero-order valence-corrected chi connectivity index (χ0v) is 14.2. The predicted octanol–water partition coefficient (Wildman–Crippen LogP) is 2.10. The number of para-hydroxylation sites is 1. The Kier molecular flexibility index (Phi) is 3.46. The molecule has 1 aromatic carbocycles. The van der Waals surface area contributed by atoms with Crippen molar-refractivity contribution in [3.8, 4) is 5.88 Å². The molecule has 0 radical (unpaired) electrons. The maximum atomic E-state index is 13.0. The third-order valence-corrected chi connectivity index (χ3v) is 5.64. The van der Waals surface area contributed by atoms with Crippen LogP contribution in [0.25, 0.3) is 10.2 Å².